The average Bonchev–Trinajstić information content (AvgIpc) is 2.26. The van der Waals surface area contributed by atoms with Crippen molar-refractivity contribution < 1.29 is 9.53 Å². The minimum Gasteiger partial charge on any atom is -0.444 e. The van der Waals surface area contributed by atoms with E-state index in [0.29, 0.717) is 5.92 Å². The van der Waals surface area contributed by atoms with Crippen molar-refractivity contribution in [2.24, 2.45) is 11.3 Å². The Morgan fingerprint density at radius 1 is 1.29 bits per heavy atom. The molecule has 1 N–H and O–H groups in total. The average molecular weight is 241 g/mol. The first-order valence-corrected chi connectivity index (χ1v) is 6.49. The van der Waals surface area contributed by atoms with Gasteiger partial charge in [0.05, 0.1) is 0 Å². The van der Waals surface area contributed by atoms with Gasteiger partial charge in [0.25, 0.3) is 0 Å². The quantitative estimate of drug-likeness (QED) is 0.759. The number of rotatable bonds is 1. The van der Waals surface area contributed by atoms with Crippen LogP contribution in [0.5, 0.6) is 0 Å². The van der Waals surface area contributed by atoms with E-state index in [1.165, 1.54) is 0 Å². The molecule has 2 atom stereocenters. The summed E-state index contributed by atoms with van der Waals surface area (Å²) >= 11 is 0. The molecular formula is C14H27NO2. The predicted octanol–water partition coefficient (Wildman–Crippen LogP) is 3.73. The fraction of sp³-hybridized carbons (Fsp3) is 0.929. The van der Waals surface area contributed by atoms with Crippen molar-refractivity contribution in [2.75, 3.05) is 0 Å². The molecule has 0 aliphatic heterocycles. The van der Waals surface area contributed by atoms with Crippen LogP contribution in [0, 0.1) is 11.3 Å². The Labute approximate surface area is 105 Å². The highest BCUT2D eigenvalue weighted by Crippen LogP contribution is 2.49. The van der Waals surface area contributed by atoms with Gasteiger partial charge in [0.15, 0.2) is 0 Å². The number of hydrogen-bond donors (Lipinski definition) is 1. The van der Waals surface area contributed by atoms with Gasteiger partial charge in [0.2, 0.25) is 0 Å². The van der Waals surface area contributed by atoms with Crippen LogP contribution >= 0.6 is 0 Å². The molecule has 1 fully saturated rings. The van der Waals surface area contributed by atoms with Gasteiger partial charge in [-0.2, -0.15) is 0 Å². The Kier molecular flexibility index (Phi) is 3.52. The second-order valence-electron chi connectivity index (χ2n) is 7.12. The number of alkyl carbamates (subject to hydrolysis) is 1. The molecule has 3 nitrogen and oxygen atoms in total. The second-order valence-corrected chi connectivity index (χ2v) is 7.12. The third-order valence-electron chi connectivity index (χ3n) is 4.51. The zero-order valence-corrected chi connectivity index (χ0v) is 12.3. The van der Waals surface area contributed by atoms with Crippen LogP contribution in [0.1, 0.15) is 61.3 Å². The molecule has 1 aliphatic rings. The van der Waals surface area contributed by atoms with Crippen molar-refractivity contribution >= 4 is 6.09 Å². The molecule has 0 aromatic rings. The van der Waals surface area contributed by atoms with Gasteiger partial charge >= 0.3 is 6.09 Å². The molecule has 2 unspecified atom stereocenters. The van der Waals surface area contributed by atoms with Crippen molar-refractivity contribution in [1.29, 1.82) is 0 Å². The van der Waals surface area contributed by atoms with Crippen molar-refractivity contribution in [2.45, 2.75) is 72.4 Å². The van der Waals surface area contributed by atoms with Crippen LogP contribution in [0.25, 0.3) is 0 Å². The molecule has 3 heteroatoms. The lowest BCUT2D eigenvalue weighted by Crippen LogP contribution is -2.55. The van der Waals surface area contributed by atoms with Crippen molar-refractivity contribution in [3.05, 3.63) is 0 Å². The van der Waals surface area contributed by atoms with Crippen LogP contribution < -0.4 is 5.32 Å². The molecule has 1 aliphatic carbocycles. The lowest BCUT2D eigenvalue weighted by atomic mass is 9.72. The maximum Gasteiger partial charge on any atom is 0.408 e. The molecule has 0 saturated heterocycles. The zero-order valence-electron chi connectivity index (χ0n) is 12.3. The Balaban J connectivity index is 2.71. The van der Waals surface area contributed by atoms with Crippen molar-refractivity contribution in [3.8, 4) is 0 Å². The molecule has 0 spiro atoms. The summed E-state index contributed by atoms with van der Waals surface area (Å²) in [4.78, 5) is 11.9. The van der Waals surface area contributed by atoms with E-state index in [4.69, 9.17) is 4.74 Å². The van der Waals surface area contributed by atoms with E-state index in [0.717, 1.165) is 12.8 Å². The Bertz CT molecular complexity index is 304. The van der Waals surface area contributed by atoms with Gasteiger partial charge in [-0.05, 0) is 51.9 Å². The van der Waals surface area contributed by atoms with Gasteiger partial charge in [-0.25, -0.2) is 4.79 Å². The molecule has 0 radical (unpaired) electrons. The van der Waals surface area contributed by atoms with E-state index in [-0.39, 0.29) is 17.0 Å². The Morgan fingerprint density at radius 2 is 1.82 bits per heavy atom. The zero-order chi connectivity index (χ0) is 13.5. The van der Waals surface area contributed by atoms with Crippen molar-refractivity contribution in [1.82, 2.24) is 5.32 Å². The normalized spacial score (nSPS) is 32.3. The minimum atomic E-state index is -0.436. The third kappa shape index (κ3) is 2.93. The number of carbonyl (C=O) groups excluding carboxylic acids is 1. The van der Waals surface area contributed by atoms with E-state index >= 15 is 0 Å². The van der Waals surface area contributed by atoms with Crippen LogP contribution in [-0.2, 0) is 4.74 Å². The van der Waals surface area contributed by atoms with E-state index in [9.17, 15) is 4.79 Å². The second kappa shape index (κ2) is 4.18. The molecule has 100 valence electrons. The molecule has 0 bridgehead atoms. The summed E-state index contributed by atoms with van der Waals surface area (Å²) < 4.78 is 5.34. The largest absolute Gasteiger partial charge is 0.444 e. The third-order valence-corrected chi connectivity index (χ3v) is 4.51. The van der Waals surface area contributed by atoms with Gasteiger partial charge in [-0.1, -0.05) is 20.8 Å². The van der Waals surface area contributed by atoms with Gasteiger partial charge in [0, 0.05) is 5.54 Å². The number of hydrogen-bond acceptors (Lipinski definition) is 2. The highest BCUT2D eigenvalue weighted by molar-refractivity contribution is 5.69. The summed E-state index contributed by atoms with van der Waals surface area (Å²) in [5, 5.41) is 3.07. The summed E-state index contributed by atoms with van der Waals surface area (Å²) in [5.41, 5.74) is -0.506. The maximum atomic E-state index is 11.9. The molecular weight excluding hydrogens is 214 g/mol. The van der Waals surface area contributed by atoms with E-state index in [2.05, 4.69) is 33.0 Å². The predicted molar refractivity (Wildman–Crippen MR) is 70.0 cm³/mol. The van der Waals surface area contributed by atoms with Gasteiger partial charge in [-0.15, -0.1) is 0 Å². The summed E-state index contributed by atoms with van der Waals surface area (Å²) in [6, 6.07) is 0. The maximum absolute atomic E-state index is 11.9. The fourth-order valence-corrected chi connectivity index (χ4v) is 2.48. The van der Waals surface area contributed by atoms with Crippen LogP contribution in [0.3, 0.4) is 0 Å². The first kappa shape index (κ1) is 14.3. The smallest absolute Gasteiger partial charge is 0.408 e. The fourth-order valence-electron chi connectivity index (χ4n) is 2.48. The minimum absolute atomic E-state index is 0.101. The van der Waals surface area contributed by atoms with E-state index in [1.807, 2.05) is 20.8 Å². The van der Waals surface area contributed by atoms with Crippen molar-refractivity contribution in [3.63, 3.8) is 0 Å². The first-order valence-electron chi connectivity index (χ1n) is 6.49. The van der Waals surface area contributed by atoms with Gasteiger partial charge in [0.1, 0.15) is 5.60 Å². The number of nitrogens with one attached hydrogen (secondary N) is 1. The summed E-state index contributed by atoms with van der Waals surface area (Å²) in [7, 11) is 0. The van der Waals surface area contributed by atoms with Crippen LogP contribution in [0.15, 0.2) is 0 Å². The van der Waals surface area contributed by atoms with E-state index < -0.39 is 5.60 Å². The number of carbonyl (C=O) groups is 1. The highest BCUT2D eigenvalue weighted by atomic mass is 16.6. The SMILES string of the molecule is CC1CCC(C)(NC(=O)OC(C)(C)C)C1(C)C. The number of amides is 1. The summed E-state index contributed by atoms with van der Waals surface area (Å²) in [5.74, 6) is 0.613. The first-order chi connectivity index (χ1) is 7.48. The molecule has 0 aromatic heterocycles. The standard InChI is InChI=1S/C14H27NO2/c1-10-8-9-14(7,13(10,5)6)15-11(16)17-12(2,3)4/h10H,8-9H2,1-7H3,(H,15,16). The van der Waals surface area contributed by atoms with E-state index in [1.54, 1.807) is 0 Å². The van der Waals surface area contributed by atoms with Gasteiger partial charge < -0.3 is 10.1 Å². The monoisotopic (exact) mass is 241 g/mol. The molecule has 17 heavy (non-hydrogen) atoms. The Morgan fingerprint density at radius 3 is 2.18 bits per heavy atom. The summed E-state index contributed by atoms with van der Waals surface area (Å²) in [6.07, 6.45) is 1.86. The number of ether oxygens (including phenoxy) is 1. The molecule has 1 amide bonds. The Hall–Kier alpha value is -0.730. The molecule has 0 aromatic carbocycles. The van der Waals surface area contributed by atoms with Crippen LogP contribution in [-0.4, -0.2) is 17.2 Å². The lowest BCUT2D eigenvalue weighted by Gasteiger charge is -2.41. The lowest BCUT2D eigenvalue weighted by molar-refractivity contribution is 0.0358. The molecule has 1 saturated carbocycles. The van der Waals surface area contributed by atoms with Crippen LogP contribution in [0.2, 0.25) is 0 Å². The topological polar surface area (TPSA) is 38.3 Å². The highest BCUT2D eigenvalue weighted by Gasteiger charge is 2.50. The van der Waals surface area contributed by atoms with Gasteiger partial charge in [-0.3, -0.25) is 0 Å². The summed E-state index contributed by atoms with van der Waals surface area (Å²) in [6.45, 7) is 14.5. The molecule has 1 rings (SSSR count). The molecule has 0 heterocycles. The van der Waals surface area contributed by atoms with Crippen LogP contribution in [0.4, 0.5) is 4.79 Å².